The van der Waals surface area contributed by atoms with Crippen LogP contribution in [0.2, 0.25) is 0 Å². The van der Waals surface area contributed by atoms with Crippen LogP contribution in [0.15, 0.2) is 12.1 Å². The molecule has 0 saturated heterocycles. The van der Waals surface area contributed by atoms with E-state index in [1.807, 2.05) is 12.2 Å². The van der Waals surface area contributed by atoms with Gasteiger partial charge in [0.2, 0.25) is 5.91 Å². The largest absolute Gasteiger partial charge is 0.330 e. The van der Waals surface area contributed by atoms with E-state index in [9.17, 15) is 23.7 Å². The van der Waals surface area contributed by atoms with Crippen molar-refractivity contribution in [3.63, 3.8) is 0 Å². The van der Waals surface area contributed by atoms with Crippen LogP contribution < -0.4 is 11.1 Å². The minimum absolute atomic E-state index is 0.0138. The Bertz CT molecular complexity index is 519. The number of amides is 1. The van der Waals surface area contributed by atoms with E-state index in [0.29, 0.717) is 12.5 Å². The van der Waals surface area contributed by atoms with Gasteiger partial charge in [-0.2, -0.15) is 0 Å². The lowest BCUT2D eigenvalue weighted by Crippen LogP contribution is -2.22. The molecule has 0 aliphatic rings. The van der Waals surface area contributed by atoms with Gasteiger partial charge in [-0.25, -0.2) is 8.78 Å². The molecule has 1 amide bonds. The first kappa shape index (κ1) is 16.0. The minimum atomic E-state index is -1.45. The molecule has 0 saturated carbocycles. The van der Waals surface area contributed by atoms with E-state index >= 15 is 0 Å². The number of nitrogens with zero attached hydrogens (tertiary/aromatic N) is 1. The summed E-state index contributed by atoms with van der Waals surface area (Å²) < 4.78 is 26.7. The Morgan fingerprint density at radius 3 is 2.65 bits per heavy atom. The summed E-state index contributed by atoms with van der Waals surface area (Å²) in [4.78, 5) is 21.6. The average Bonchev–Trinajstić information content (AvgIpc) is 2.41. The first-order valence-corrected chi connectivity index (χ1v) is 6.03. The van der Waals surface area contributed by atoms with E-state index in [1.165, 1.54) is 0 Å². The molecule has 0 bridgehead atoms. The van der Waals surface area contributed by atoms with Gasteiger partial charge in [0, 0.05) is 12.5 Å². The third kappa shape index (κ3) is 3.70. The molecule has 8 heteroatoms. The van der Waals surface area contributed by atoms with Crippen LogP contribution in [0.1, 0.15) is 19.8 Å². The summed E-state index contributed by atoms with van der Waals surface area (Å²) in [6.45, 7) is 2.09. The number of nitrogens with two attached hydrogens (primary N) is 1. The molecule has 1 atom stereocenters. The first-order chi connectivity index (χ1) is 9.40. The fourth-order valence-corrected chi connectivity index (χ4v) is 1.66. The van der Waals surface area contributed by atoms with E-state index in [4.69, 9.17) is 5.73 Å². The van der Waals surface area contributed by atoms with Gasteiger partial charge in [0.15, 0.2) is 17.3 Å². The lowest BCUT2D eigenvalue weighted by Gasteiger charge is -2.12. The lowest BCUT2D eigenvalue weighted by atomic mass is 10.0. The number of nitro groups is 1. The highest BCUT2D eigenvalue weighted by Crippen LogP contribution is 2.29. The SMILES string of the molecule is CCC(CN)CC(=O)Nc1c([N+](=O)[O-])ccc(F)c1F. The van der Waals surface area contributed by atoms with Crippen molar-refractivity contribution in [1.29, 1.82) is 0 Å². The number of carbonyl (C=O) groups is 1. The summed E-state index contributed by atoms with van der Waals surface area (Å²) in [5.74, 6) is -3.48. The Labute approximate surface area is 114 Å². The number of halogens is 2. The van der Waals surface area contributed by atoms with Gasteiger partial charge < -0.3 is 11.1 Å². The van der Waals surface area contributed by atoms with Gasteiger partial charge in [-0.3, -0.25) is 14.9 Å². The standard InChI is InChI=1S/C12H15F2N3O3/c1-2-7(6-15)5-10(18)16-12-9(17(19)20)4-3-8(13)11(12)14/h3-4,7H,2,5-6,15H2,1H3,(H,16,18). The summed E-state index contributed by atoms with van der Waals surface area (Å²) in [6, 6.07) is 1.44. The van der Waals surface area contributed by atoms with Crippen LogP contribution in [0.5, 0.6) is 0 Å². The molecule has 0 fully saturated rings. The predicted octanol–water partition coefficient (Wildman–Crippen LogP) is 2.19. The fourth-order valence-electron chi connectivity index (χ4n) is 1.66. The molecule has 0 aromatic heterocycles. The normalized spacial score (nSPS) is 12.0. The molecule has 110 valence electrons. The van der Waals surface area contributed by atoms with E-state index in [2.05, 4.69) is 0 Å². The molecule has 0 heterocycles. The van der Waals surface area contributed by atoms with Crippen LogP contribution in [-0.2, 0) is 4.79 Å². The molecule has 1 aromatic rings. The zero-order valence-corrected chi connectivity index (χ0v) is 10.9. The van der Waals surface area contributed by atoms with Gasteiger partial charge in [0.25, 0.3) is 5.69 Å². The highest BCUT2D eigenvalue weighted by Gasteiger charge is 2.24. The second-order valence-electron chi connectivity index (χ2n) is 4.27. The van der Waals surface area contributed by atoms with Crippen molar-refractivity contribution in [2.75, 3.05) is 11.9 Å². The second-order valence-corrected chi connectivity index (χ2v) is 4.27. The number of anilines is 1. The van der Waals surface area contributed by atoms with E-state index in [-0.39, 0.29) is 18.9 Å². The molecule has 1 aromatic carbocycles. The highest BCUT2D eigenvalue weighted by molar-refractivity contribution is 5.93. The van der Waals surface area contributed by atoms with Crippen LogP contribution in [0.25, 0.3) is 0 Å². The number of benzene rings is 1. The average molecular weight is 287 g/mol. The van der Waals surface area contributed by atoms with Gasteiger partial charge >= 0.3 is 0 Å². The maximum absolute atomic E-state index is 13.6. The van der Waals surface area contributed by atoms with Gasteiger partial charge in [-0.05, 0) is 18.5 Å². The van der Waals surface area contributed by atoms with E-state index < -0.39 is 33.8 Å². The van der Waals surface area contributed by atoms with Crippen LogP contribution in [0.4, 0.5) is 20.2 Å². The third-order valence-electron chi connectivity index (χ3n) is 2.92. The van der Waals surface area contributed by atoms with E-state index in [1.54, 1.807) is 0 Å². The Hall–Kier alpha value is -2.09. The topological polar surface area (TPSA) is 98.3 Å². The van der Waals surface area contributed by atoms with Crippen LogP contribution >= 0.6 is 0 Å². The van der Waals surface area contributed by atoms with Gasteiger partial charge in [-0.15, -0.1) is 0 Å². The molecular formula is C12H15F2N3O3. The molecule has 0 radical (unpaired) electrons. The quantitative estimate of drug-likeness (QED) is 0.619. The van der Waals surface area contributed by atoms with Gasteiger partial charge in [0.05, 0.1) is 4.92 Å². The Morgan fingerprint density at radius 2 is 2.15 bits per heavy atom. The number of nitro benzene ring substituents is 1. The Kier molecular flexibility index (Phi) is 5.51. The summed E-state index contributed by atoms with van der Waals surface area (Å²) >= 11 is 0. The molecule has 3 N–H and O–H groups in total. The number of nitrogens with one attached hydrogen (secondary N) is 1. The highest BCUT2D eigenvalue weighted by atomic mass is 19.2. The summed E-state index contributed by atoms with van der Waals surface area (Å²) in [5, 5.41) is 12.8. The molecule has 20 heavy (non-hydrogen) atoms. The van der Waals surface area contributed by atoms with Crippen LogP contribution in [0, 0.1) is 27.7 Å². The van der Waals surface area contributed by atoms with Gasteiger partial charge in [-0.1, -0.05) is 13.3 Å². The van der Waals surface area contributed by atoms with Crippen molar-refractivity contribution in [1.82, 2.24) is 0 Å². The molecule has 6 nitrogen and oxygen atoms in total. The van der Waals surface area contributed by atoms with Crippen LogP contribution in [0.3, 0.4) is 0 Å². The molecule has 0 aliphatic heterocycles. The monoisotopic (exact) mass is 287 g/mol. The zero-order valence-electron chi connectivity index (χ0n) is 10.9. The second kappa shape index (κ2) is 6.90. The number of hydrogen-bond donors (Lipinski definition) is 2. The van der Waals surface area contributed by atoms with Crippen molar-refractivity contribution in [3.05, 3.63) is 33.9 Å². The minimum Gasteiger partial charge on any atom is -0.330 e. The maximum atomic E-state index is 13.6. The number of rotatable bonds is 6. The van der Waals surface area contributed by atoms with Gasteiger partial charge in [0.1, 0.15) is 0 Å². The van der Waals surface area contributed by atoms with Crippen molar-refractivity contribution in [2.45, 2.75) is 19.8 Å². The summed E-state index contributed by atoms with van der Waals surface area (Å²) in [6.07, 6.45) is 0.623. The Balaban J connectivity index is 2.99. The zero-order chi connectivity index (χ0) is 15.3. The van der Waals surface area contributed by atoms with Crippen molar-refractivity contribution in [2.24, 2.45) is 11.7 Å². The number of hydrogen-bond acceptors (Lipinski definition) is 4. The first-order valence-electron chi connectivity index (χ1n) is 6.03. The summed E-state index contributed by atoms with van der Waals surface area (Å²) in [7, 11) is 0. The van der Waals surface area contributed by atoms with E-state index in [0.717, 1.165) is 6.07 Å². The van der Waals surface area contributed by atoms with Crippen molar-refractivity contribution >= 4 is 17.3 Å². The Morgan fingerprint density at radius 1 is 1.50 bits per heavy atom. The molecule has 1 rings (SSSR count). The van der Waals surface area contributed by atoms with Crippen LogP contribution in [-0.4, -0.2) is 17.4 Å². The van der Waals surface area contributed by atoms with Crippen molar-refractivity contribution < 1.29 is 18.5 Å². The van der Waals surface area contributed by atoms with Crippen molar-refractivity contribution in [3.8, 4) is 0 Å². The predicted molar refractivity (Wildman–Crippen MR) is 69.1 cm³/mol. The fraction of sp³-hybridized carbons (Fsp3) is 0.417. The molecule has 1 unspecified atom stereocenters. The molecular weight excluding hydrogens is 272 g/mol. The summed E-state index contributed by atoms with van der Waals surface area (Å²) in [5.41, 5.74) is 3.98. The maximum Gasteiger partial charge on any atom is 0.296 e. The molecule has 0 aliphatic carbocycles. The third-order valence-corrected chi connectivity index (χ3v) is 2.92. The molecule has 0 spiro atoms. The number of carbonyl (C=O) groups excluding carboxylic acids is 1. The smallest absolute Gasteiger partial charge is 0.296 e. The lowest BCUT2D eigenvalue weighted by molar-refractivity contribution is -0.384.